The molecule has 2 rings (SSSR count). The van der Waals surface area contributed by atoms with Crippen LogP contribution in [0.5, 0.6) is 5.75 Å². The number of amides is 1. The topological polar surface area (TPSA) is 102 Å². The summed E-state index contributed by atoms with van der Waals surface area (Å²) in [6.45, 7) is -0.831. The summed E-state index contributed by atoms with van der Waals surface area (Å²) in [5.74, 6) is -2.07. The number of hydrogen-bond donors (Lipinski definition) is 2. The molecule has 7 nitrogen and oxygen atoms in total. The first-order valence-electron chi connectivity index (χ1n) is 5.78. The molecule has 0 saturated heterocycles. The number of carbonyl (C=O) groups excluding carboxylic acids is 2. The Morgan fingerprint density at radius 3 is 2.76 bits per heavy atom. The highest BCUT2D eigenvalue weighted by Gasteiger charge is 2.20. The number of anilines is 1. The van der Waals surface area contributed by atoms with E-state index in [2.05, 4.69) is 15.0 Å². The Kier molecular flexibility index (Phi) is 4.17. The number of benzene rings is 1. The number of phenolic OH excluding ortho intramolecular Hbond substituents is 1. The molecule has 0 aliphatic heterocycles. The monoisotopic (exact) mass is 294 g/mol. The molecule has 2 N–H and O–H groups in total. The molecule has 0 saturated carbocycles. The summed E-state index contributed by atoms with van der Waals surface area (Å²) < 4.78 is 21.6. The third-order valence-electron chi connectivity index (χ3n) is 2.60. The summed E-state index contributed by atoms with van der Waals surface area (Å²) in [6.07, 6.45) is 1.06. The average molecular weight is 294 g/mol. The van der Waals surface area contributed by atoms with Gasteiger partial charge in [-0.2, -0.15) is 4.98 Å². The van der Waals surface area contributed by atoms with Crippen LogP contribution in [0.25, 0.3) is 0 Å². The quantitative estimate of drug-likeness (QED) is 0.835. The van der Waals surface area contributed by atoms with Gasteiger partial charge < -0.3 is 14.3 Å². The van der Waals surface area contributed by atoms with Crippen molar-refractivity contribution >= 4 is 17.9 Å². The second-order valence-electron chi connectivity index (χ2n) is 3.93. The van der Waals surface area contributed by atoms with E-state index in [1.807, 2.05) is 0 Å². The van der Waals surface area contributed by atoms with E-state index >= 15 is 0 Å². The summed E-state index contributed by atoms with van der Waals surface area (Å²) in [5, 5.41) is 12.2. The SMILES string of the molecule is COC(=O)c1cccc(C(=O)Nc2nc(CF)co2)c1O. The van der Waals surface area contributed by atoms with Gasteiger partial charge >= 0.3 is 12.0 Å². The van der Waals surface area contributed by atoms with Crippen molar-refractivity contribution in [2.24, 2.45) is 0 Å². The molecule has 1 aromatic heterocycles. The number of nitrogens with zero attached hydrogens (tertiary/aromatic N) is 1. The lowest BCUT2D eigenvalue weighted by Gasteiger charge is -2.07. The molecular weight excluding hydrogens is 283 g/mol. The van der Waals surface area contributed by atoms with Crippen LogP contribution in [0.4, 0.5) is 10.4 Å². The van der Waals surface area contributed by atoms with Gasteiger partial charge in [-0.25, -0.2) is 9.18 Å². The smallest absolute Gasteiger partial charge is 0.341 e. The van der Waals surface area contributed by atoms with Gasteiger partial charge in [0.25, 0.3) is 5.91 Å². The lowest BCUT2D eigenvalue weighted by molar-refractivity contribution is 0.0597. The molecule has 0 aliphatic carbocycles. The summed E-state index contributed by atoms with van der Waals surface area (Å²) >= 11 is 0. The number of nitrogens with one attached hydrogen (secondary N) is 1. The lowest BCUT2D eigenvalue weighted by Crippen LogP contribution is -2.14. The fraction of sp³-hybridized carbons (Fsp3) is 0.154. The first-order valence-corrected chi connectivity index (χ1v) is 5.78. The van der Waals surface area contributed by atoms with Crippen LogP contribution in [-0.4, -0.2) is 29.1 Å². The minimum Gasteiger partial charge on any atom is -0.506 e. The fourth-order valence-electron chi connectivity index (χ4n) is 1.59. The van der Waals surface area contributed by atoms with Gasteiger partial charge in [0.15, 0.2) is 0 Å². The Bertz CT molecular complexity index is 683. The molecule has 110 valence electrons. The maximum atomic E-state index is 12.3. The Labute approximate surface area is 118 Å². The van der Waals surface area contributed by atoms with Gasteiger partial charge in [-0.15, -0.1) is 0 Å². The van der Waals surface area contributed by atoms with E-state index in [-0.39, 0.29) is 22.8 Å². The van der Waals surface area contributed by atoms with Crippen molar-refractivity contribution in [2.45, 2.75) is 6.67 Å². The number of phenols is 1. The molecule has 0 fully saturated rings. The lowest BCUT2D eigenvalue weighted by atomic mass is 10.1. The number of esters is 1. The molecule has 1 amide bonds. The average Bonchev–Trinajstić information content (AvgIpc) is 2.94. The van der Waals surface area contributed by atoms with Crippen LogP contribution in [0, 0.1) is 0 Å². The summed E-state index contributed by atoms with van der Waals surface area (Å²) in [6, 6.07) is 3.81. The third kappa shape index (κ3) is 2.99. The van der Waals surface area contributed by atoms with E-state index in [1.165, 1.54) is 18.2 Å². The van der Waals surface area contributed by atoms with E-state index in [4.69, 9.17) is 4.42 Å². The van der Waals surface area contributed by atoms with Crippen molar-refractivity contribution in [2.75, 3.05) is 12.4 Å². The Morgan fingerprint density at radius 1 is 1.43 bits per heavy atom. The minimum atomic E-state index is -0.831. The van der Waals surface area contributed by atoms with Crippen LogP contribution >= 0.6 is 0 Å². The molecule has 0 unspecified atom stereocenters. The van der Waals surface area contributed by atoms with E-state index in [1.54, 1.807) is 0 Å². The van der Waals surface area contributed by atoms with Gasteiger partial charge in [-0.3, -0.25) is 10.1 Å². The van der Waals surface area contributed by atoms with Gasteiger partial charge in [-0.05, 0) is 12.1 Å². The first-order chi connectivity index (χ1) is 10.1. The molecule has 0 radical (unpaired) electrons. The van der Waals surface area contributed by atoms with Crippen LogP contribution in [-0.2, 0) is 11.4 Å². The molecular formula is C13H11FN2O5. The highest BCUT2D eigenvalue weighted by Crippen LogP contribution is 2.24. The van der Waals surface area contributed by atoms with Crippen LogP contribution in [0.1, 0.15) is 26.4 Å². The highest BCUT2D eigenvalue weighted by molar-refractivity contribution is 6.07. The molecule has 0 atom stereocenters. The predicted molar refractivity (Wildman–Crippen MR) is 68.7 cm³/mol. The summed E-state index contributed by atoms with van der Waals surface area (Å²) in [7, 11) is 1.15. The fourth-order valence-corrected chi connectivity index (χ4v) is 1.59. The van der Waals surface area contributed by atoms with Crippen molar-refractivity contribution in [3.05, 3.63) is 41.3 Å². The molecule has 1 heterocycles. The number of alkyl halides is 1. The number of aromatic hydroxyl groups is 1. The van der Waals surface area contributed by atoms with E-state index in [9.17, 15) is 19.1 Å². The number of para-hydroxylation sites is 1. The number of oxazole rings is 1. The van der Waals surface area contributed by atoms with E-state index in [0.29, 0.717) is 0 Å². The zero-order valence-corrected chi connectivity index (χ0v) is 10.9. The zero-order chi connectivity index (χ0) is 15.4. The van der Waals surface area contributed by atoms with Crippen LogP contribution in [0.15, 0.2) is 28.9 Å². The van der Waals surface area contributed by atoms with Crippen molar-refractivity contribution in [3.8, 4) is 5.75 Å². The van der Waals surface area contributed by atoms with Gasteiger partial charge in [0, 0.05) is 0 Å². The zero-order valence-electron chi connectivity index (χ0n) is 10.9. The van der Waals surface area contributed by atoms with Crippen LogP contribution < -0.4 is 5.32 Å². The standard InChI is InChI=1S/C13H11FN2O5/c1-20-12(19)9-4-2-3-8(10(9)17)11(18)16-13-15-7(5-14)6-21-13/h2-4,6,17H,5H2,1H3,(H,15,16,18). The Morgan fingerprint density at radius 2 is 2.14 bits per heavy atom. The summed E-state index contributed by atoms with van der Waals surface area (Å²) in [4.78, 5) is 27.1. The Balaban J connectivity index is 2.25. The number of methoxy groups -OCH3 is 1. The van der Waals surface area contributed by atoms with Crippen molar-refractivity contribution in [1.82, 2.24) is 4.98 Å². The van der Waals surface area contributed by atoms with E-state index < -0.39 is 24.3 Å². The first kappa shape index (κ1) is 14.5. The maximum absolute atomic E-state index is 12.3. The number of aromatic nitrogens is 1. The van der Waals surface area contributed by atoms with Gasteiger partial charge in [0.1, 0.15) is 29.9 Å². The number of halogens is 1. The summed E-state index contributed by atoms with van der Waals surface area (Å²) in [5.41, 5.74) is -0.294. The molecule has 2 aromatic rings. The number of ether oxygens (including phenoxy) is 1. The number of carbonyl (C=O) groups is 2. The molecule has 0 bridgehead atoms. The third-order valence-corrected chi connectivity index (χ3v) is 2.60. The van der Waals surface area contributed by atoms with Crippen molar-refractivity contribution in [3.63, 3.8) is 0 Å². The van der Waals surface area contributed by atoms with Gasteiger partial charge in [0.05, 0.1) is 12.7 Å². The molecule has 8 heteroatoms. The van der Waals surface area contributed by atoms with Crippen molar-refractivity contribution < 1.29 is 28.2 Å². The molecule has 0 spiro atoms. The molecule has 1 aromatic carbocycles. The van der Waals surface area contributed by atoms with Crippen LogP contribution in [0.2, 0.25) is 0 Å². The predicted octanol–water partition coefficient (Wildman–Crippen LogP) is 1.89. The highest BCUT2D eigenvalue weighted by atomic mass is 19.1. The largest absolute Gasteiger partial charge is 0.506 e. The van der Waals surface area contributed by atoms with Crippen molar-refractivity contribution in [1.29, 1.82) is 0 Å². The minimum absolute atomic E-state index is 0.0258. The Hall–Kier alpha value is -2.90. The number of rotatable bonds is 4. The molecule has 21 heavy (non-hydrogen) atoms. The van der Waals surface area contributed by atoms with Gasteiger partial charge in [-0.1, -0.05) is 6.07 Å². The van der Waals surface area contributed by atoms with E-state index in [0.717, 1.165) is 13.4 Å². The molecule has 0 aliphatic rings. The maximum Gasteiger partial charge on any atom is 0.341 e. The second kappa shape index (κ2) is 6.04. The van der Waals surface area contributed by atoms with Gasteiger partial charge in [0.2, 0.25) is 0 Å². The number of hydrogen-bond acceptors (Lipinski definition) is 6. The second-order valence-corrected chi connectivity index (χ2v) is 3.93. The normalized spacial score (nSPS) is 10.2. The van der Waals surface area contributed by atoms with Crippen LogP contribution in [0.3, 0.4) is 0 Å².